The van der Waals surface area contributed by atoms with E-state index in [1.54, 1.807) is 0 Å². The second kappa shape index (κ2) is 9.98. The van der Waals surface area contributed by atoms with E-state index in [1.165, 1.54) is 24.1 Å². The van der Waals surface area contributed by atoms with Crippen LogP contribution in [0.4, 0.5) is 0 Å². The SMILES string of the molecule is COc1c(Cl)cc(Cl)cc1/C(O)=C1\C(=O)C(=O)N(CCN(C)C)C1c1ccc(C(C)(C)C)cc1. The van der Waals surface area contributed by atoms with Crippen LogP contribution < -0.4 is 4.74 Å². The number of methoxy groups -OCH3 is 1. The molecule has 1 saturated heterocycles. The molecule has 182 valence electrons. The Morgan fingerprint density at radius 2 is 1.74 bits per heavy atom. The molecule has 3 rings (SSSR count). The number of hydrogen-bond acceptors (Lipinski definition) is 5. The summed E-state index contributed by atoms with van der Waals surface area (Å²) in [6.07, 6.45) is 0. The van der Waals surface area contributed by atoms with Crippen LogP contribution in [0.25, 0.3) is 5.76 Å². The van der Waals surface area contributed by atoms with Gasteiger partial charge in [-0.05, 0) is 42.8 Å². The molecule has 0 aromatic heterocycles. The molecular formula is C26H30Cl2N2O4. The molecule has 1 aliphatic heterocycles. The molecule has 34 heavy (non-hydrogen) atoms. The van der Waals surface area contributed by atoms with E-state index in [4.69, 9.17) is 27.9 Å². The first-order chi connectivity index (χ1) is 15.9. The zero-order chi connectivity index (χ0) is 25.4. The van der Waals surface area contributed by atoms with E-state index >= 15 is 0 Å². The fourth-order valence-corrected chi connectivity index (χ4v) is 4.59. The fourth-order valence-electron chi connectivity index (χ4n) is 4.02. The summed E-state index contributed by atoms with van der Waals surface area (Å²) in [5.74, 6) is -1.64. The molecule has 0 spiro atoms. The van der Waals surface area contributed by atoms with Gasteiger partial charge in [-0.2, -0.15) is 0 Å². The number of ketones is 1. The van der Waals surface area contributed by atoms with Crippen molar-refractivity contribution in [3.63, 3.8) is 0 Å². The maximum Gasteiger partial charge on any atom is 0.295 e. The van der Waals surface area contributed by atoms with Crippen molar-refractivity contribution in [2.45, 2.75) is 32.2 Å². The lowest BCUT2D eigenvalue weighted by Gasteiger charge is -2.27. The Hall–Kier alpha value is -2.54. The second-order valence-electron chi connectivity index (χ2n) is 9.64. The number of aliphatic hydroxyl groups excluding tert-OH is 1. The first kappa shape index (κ1) is 26.1. The number of nitrogens with zero attached hydrogens (tertiary/aromatic N) is 2. The molecule has 1 N–H and O–H groups in total. The molecule has 8 heteroatoms. The Morgan fingerprint density at radius 3 is 2.26 bits per heavy atom. The Labute approximate surface area is 210 Å². The first-order valence-corrected chi connectivity index (χ1v) is 11.7. The lowest BCUT2D eigenvalue weighted by molar-refractivity contribution is -0.140. The highest BCUT2D eigenvalue weighted by atomic mass is 35.5. The number of Topliss-reactive ketones (excluding diaryl/α,β-unsaturated/α-hetero) is 1. The van der Waals surface area contributed by atoms with Crippen molar-refractivity contribution in [1.29, 1.82) is 0 Å². The minimum atomic E-state index is -0.767. The van der Waals surface area contributed by atoms with Crippen LogP contribution in [0.1, 0.15) is 43.5 Å². The predicted molar refractivity (Wildman–Crippen MR) is 136 cm³/mol. The molecule has 0 bridgehead atoms. The summed E-state index contributed by atoms with van der Waals surface area (Å²) in [6, 6.07) is 9.95. The Bertz CT molecular complexity index is 1130. The molecule has 0 aliphatic carbocycles. The Balaban J connectivity index is 2.23. The van der Waals surface area contributed by atoms with Crippen molar-refractivity contribution in [3.05, 3.63) is 68.7 Å². The minimum absolute atomic E-state index is 0.0242. The van der Waals surface area contributed by atoms with Crippen molar-refractivity contribution >= 4 is 40.7 Å². The lowest BCUT2D eigenvalue weighted by Crippen LogP contribution is -2.35. The third-order valence-electron chi connectivity index (χ3n) is 5.89. The molecule has 1 aliphatic rings. The maximum atomic E-state index is 13.2. The van der Waals surface area contributed by atoms with Gasteiger partial charge in [0, 0.05) is 18.1 Å². The molecule has 6 nitrogen and oxygen atoms in total. The van der Waals surface area contributed by atoms with Crippen molar-refractivity contribution in [2.24, 2.45) is 0 Å². The van der Waals surface area contributed by atoms with Gasteiger partial charge in [-0.15, -0.1) is 0 Å². The van der Waals surface area contributed by atoms with Crippen LogP contribution >= 0.6 is 23.2 Å². The molecule has 1 heterocycles. The van der Waals surface area contributed by atoms with Crippen LogP contribution in [0.3, 0.4) is 0 Å². The largest absolute Gasteiger partial charge is 0.507 e. The van der Waals surface area contributed by atoms with Gasteiger partial charge >= 0.3 is 0 Å². The number of likely N-dealkylation sites (N-methyl/N-ethyl adjacent to an activating group) is 1. The lowest BCUT2D eigenvalue weighted by atomic mass is 9.85. The van der Waals surface area contributed by atoms with Gasteiger partial charge in [0.2, 0.25) is 0 Å². The van der Waals surface area contributed by atoms with Crippen molar-refractivity contribution in [3.8, 4) is 5.75 Å². The van der Waals surface area contributed by atoms with E-state index in [2.05, 4.69) is 20.8 Å². The predicted octanol–water partition coefficient (Wildman–Crippen LogP) is 5.28. The number of ether oxygens (including phenoxy) is 1. The molecule has 2 aromatic rings. The van der Waals surface area contributed by atoms with E-state index in [0.717, 1.165) is 11.1 Å². The highest BCUT2D eigenvalue weighted by Gasteiger charge is 2.46. The molecule has 1 atom stereocenters. The third-order valence-corrected chi connectivity index (χ3v) is 6.39. The number of rotatable bonds is 6. The second-order valence-corrected chi connectivity index (χ2v) is 10.5. The average molecular weight is 505 g/mol. The van der Waals surface area contributed by atoms with Gasteiger partial charge in [0.15, 0.2) is 0 Å². The maximum absolute atomic E-state index is 13.2. The van der Waals surface area contributed by atoms with E-state index < -0.39 is 17.7 Å². The van der Waals surface area contributed by atoms with Gasteiger partial charge < -0.3 is 19.6 Å². The molecule has 0 radical (unpaired) electrons. The molecular weight excluding hydrogens is 475 g/mol. The molecule has 2 aromatic carbocycles. The Kier molecular flexibility index (Phi) is 7.65. The molecule has 1 fully saturated rings. The highest BCUT2D eigenvalue weighted by Crippen LogP contribution is 2.43. The quantitative estimate of drug-likeness (QED) is 0.329. The third kappa shape index (κ3) is 5.09. The van der Waals surface area contributed by atoms with Gasteiger partial charge in [0.05, 0.1) is 29.3 Å². The van der Waals surface area contributed by atoms with Crippen molar-refractivity contribution in [1.82, 2.24) is 9.80 Å². The van der Waals surface area contributed by atoms with Crippen LogP contribution in [0.15, 0.2) is 42.0 Å². The standard InChI is InChI=1S/C26H30Cl2N2O4/c1-26(2,3)16-9-7-15(8-10-16)21-20(23(32)25(33)30(21)12-11-29(4)5)22(31)18-13-17(27)14-19(28)24(18)34-6/h7-10,13-14,21,31H,11-12H2,1-6H3/b22-20+. The van der Waals surface area contributed by atoms with E-state index in [9.17, 15) is 14.7 Å². The fraction of sp³-hybridized carbons (Fsp3) is 0.385. The van der Waals surface area contributed by atoms with Crippen molar-refractivity contribution in [2.75, 3.05) is 34.3 Å². The molecule has 0 saturated carbocycles. The van der Waals surface area contributed by atoms with Gasteiger partial charge in [0.1, 0.15) is 11.5 Å². The summed E-state index contributed by atoms with van der Waals surface area (Å²) in [4.78, 5) is 29.7. The van der Waals surface area contributed by atoms with Crippen molar-refractivity contribution < 1.29 is 19.4 Å². The molecule has 1 amide bonds. The molecule has 1 unspecified atom stereocenters. The van der Waals surface area contributed by atoms with E-state index in [-0.39, 0.29) is 38.1 Å². The highest BCUT2D eigenvalue weighted by molar-refractivity contribution is 6.46. The number of benzene rings is 2. The number of amides is 1. The van der Waals surface area contributed by atoms with Crippen LogP contribution in [0, 0.1) is 0 Å². The van der Waals surface area contributed by atoms with E-state index in [1.807, 2.05) is 43.3 Å². The van der Waals surface area contributed by atoms with Gasteiger partial charge in [-0.1, -0.05) is 68.2 Å². The number of aliphatic hydroxyl groups is 1. The summed E-state index contributed by atoms with van der Waals surface area (Å²) in [7, 11) is 5.19. The normalized spacial score (nSPS) is 18.1. The number of carbonyl (C=O) groups excluding carboxylic acids is 2. The van der Waals surface area contributed by atoms with Crippen LogP contribution in [0.5, 0.6) is 5.75 Å². The topological polar surface area (TPSA) is 70.1 Å². The van der Waals surface area contributed by atoms with Gasteiger partial charge in [-0.3, -0.25) is 9.59 Å². The summed E-state index contributed by atoms with van der Waals surface area (Å²) in [5.41, 5.74) is 1.91. The van der Waals surface area contributed by atoms with Crippen LogP contribution in [-0.4, -0.2) is 60.9 Å². The zero-order valence-electron chi connectivity index (χ0n) is 20.3. The summed E-state index contributed by atoms with van der Waals surface area (Å²) in [6.45, 7) is 7.20. The van der Waals surface area contributed by atoms with Crippen LogP contribution in [0.2, 0.25) is 10.0 Å². The summed E-state index contributed by atoms with van der Waals surface area (Å²) in [5, 5.41) is 11.8. The number of carbonyl (C=O) groups is 2. The number of halogens is 2. The van der Waals surface area contributed by atoms with Gasteiger partial charge in [0.25, 0.3) is 11.7 Å². The van der Waals surface area contributed by atoms with Crippen LogP contribution in [-0.2, 0) is 15.0 Å². The number of likely N-dealkylation sites (tertiary alicyclic amines) is 1. The van der Waals surface area contributed by atoms with Gasteiger partial charge in [-0.25, -0.2) is 0 Å². The zero-order valence-corrected chi connectivity index (χ0v) is 21.8. The monoisotopic (exact) mass is 504 g/mol. The first-order valence-electron chi connectivity index (χ1n) is 10.9. The Morgan fingerprint density at radius 1 is 1.12 bits per heavy atom. The average Bonchev–Trinajstić information content (AvgIpc) is 3.01. The summed E-state index contributed by atoms with van der Waals surface area (Å²) >= 11 is 12.4. The summed E-state index contributed by atoms with van der Waals surface area (Å²) < 4.78 is 5.37. The number of hydrogen-bond donors (Lipinski definition) is 1. The smallest absolute Gasteiger partial charge is 0.295 e. The van der Waals surface area contributed by atoms with E-state index in [0.29, 0.717) is 13.1 Å². The minimum Gasteiger partial charge on any atom is -0.507 e.